The van der Waals surface area contributed by atoms with Gasteiger partial charge in [-0.05, 0) is 39.0 Å². The van der Waals surface area contributed by atoms with E-state index in [0.29, 0.717) is 22.9 Å². The highest BCUT2D eigenvalue weighted by atomic mass is 32.1. The number of anilines is 1. The number of nitrogens with one attached hydrogen (secondary N) is 1. The van der Waals surface area contributed by atoms with Crippen LogP contribution in [0.4, 0.5) is 5.69 Å². The van der Waals surface area contributed by atoms with Crippen LogP contribution in [-0.2, 0) is 11.2 Å². The smallest absolute Gasteiger partial charge is 0.224 e. The predicted molar refractivity (Wildman–Crippen MR) is 103 cm³/mol. The van der Waals surface area contributed by atoms with Crippen LogP contribution >= 0.6 is 11.3 Å². The van der Waals surface area contributed by atoms with E-state index in [1.54, 1.807) is 0 Å². The van der Waals surface area contributed by atoms with Crippen molar-refractivity contribution in [3.63, 3.8) is 0 Å². The monoisotopic (exact) mass is 373 g/mol. The minimum atomic E-state index is -0.210. The van der Waals surface area contributed by atoms with Crippen LogP contribution in [0.1, 0.15) is 46.8 Å². The number of Topliss-reactive ketones (excluding diaryl/α,β-unsaturated/α-hetero) is 1. The van der Waals surface area contributed by atoms with Gasteiger partial charge in [0.2, 0.25) is 5.91 Å². The van der Waals surface area contributed by atoms with Crippen LogP contribution in [0.15, 0.2) is 24.3 Å². The lowest BCUT2D eigenvalue weighted by molar-refractivity contribution is -0.116. The van der Waals surface area contributed by atoms with Crippen molar-refractivity contribution in [3.8, 4) is 11.5 Å². The van der Waals surface area contributed by atoms with Crippen LogP contribution in [-0.4, -0.2) is 24.4 Å². The first-order chi connectivity index (χ1) is 12.5. The summed E-state index contributed by atoms with van der Waals surface area (Å²) in [7, 11) is 0. The normalized spacial score (nSPS) is 15.3. The summed E-state index contributed by atoms with van der Waals surface area (Å²) in [5.41, 5.74) is 1.67. The van der Waals surface area contributed by atoms with Gasteiger partial charge in [0.25, 0.3) is 0 Å². The van der Waals surface area contributed by atoms with Gasteiger partial charge >= 0.3 is 0 Å². The van der Waals surface area contributed by atoms with Crippen LogP contribution in [0, 0.1) is 6.92 Å². The van der Waals surface area contributed by atoms with Crippen molar-refractivity contribution in [2.75, 3.05) is 11.9 Å². The number of ether oxygens (including phenoxy) is 2. The average molecular weight is 373 g/mol. The van der Waals surface area contributed by atoms with Crippen molar-refractivity contribution in [2.45, 2.75) is 46.1 Å². The van der Waals surface area contributed by atoms with Gasteiger partial charge in [0.1, 0.15) is 17.6 Å². The lowest BCUT2D eigenvalue weighted by Gasteiger charge is -2.13. The quantitative estimate of drug-likeness (QED) is 0.732. The molecule has 1 atom stereocenters. The molecule has 0 aliphatic carbocycles. The van der Waals surface area contributed by atoms with Gasteiger partial charge in [0, 0.05) is 35.8 Å². The van der Waals surface area contributed by atoms with Gasteiger partial charge < -0.3 is 14.8 Å². The van der Waals surface area contributed by atoms with Crippen molar-refractivity contribution in [1.29, 1.82) is 0 Å². The summed E-state index contributed by atoms with van der Waals surface area (Å²) in [5, 5.41) is 2.86. The molecule has 0 bridgehead atoms. The highest BCUT2D eigenvalue weighted by Gasteiger charge is 2.22. The third-order valence-corrected chi connectivity index (χ3v) is 5.21. The number of aryl methyl sites for hydroxylation is 1. The maximum atomic E-state index is 12.3. The number of carbonyl (C=O) groups is 2. The van der Waals surface area contributed by atoms with E-state index in [4.69, 9.17) is 9.47 Å². The molecule has 1 unspecified atom stereocenters. The minimum absolute atomic E-state index is 0.00519. The molecule has 1 aliphatic heterocycles. The number of hydrogen-bond acceptors (Lipinski definition) is 5. The average Bonchev–Trinajstić information content (AvgIpc) is 3.17. The zero-order valence-electron chi connectivity index (χ0n) is 15.3. The summed E-state index contributed by atoms with van der Waals surface area (Å²) in [4.78, 5) is 26.3. The molecule has 1 aromatic carbocycles. The molecule has 0 spiro atoms. The van der Waals surface area contributed by atoms with E-state index < -0.39 is 0 Å². The Hall–Kier alpha value is -2.34. The molecule has 5 nitrogen and oxygen atoms in total. The highest BCUT2D eigenvalue weighted by molar-refractivity contribution is 7.14. The third-order valence-electron chi connectivity index (χ3n) is 4.17. The second-order valence-corrected chi connectivity index (χ2v) is 7.69. The molecule has 0 saturated heterocycles. The van der Waals surface area contributed by atoms with Crippen molar-refractivity contribution in [3.05, 3.63) is 39.6 Å². The molecule has 0 fully saturated rings. The highest BCUT2D eigenvalue weighted by Crippen LogP contribution is 2.38. The molecule has 26 heavy (non-hydrogen) atoms. The largest absolute Gasteiger partial charge is 0.492 e. The first-order valence-electron chi connectivity index (χ1n) is 8.82. The Labute approximate surface area is 157 Å². The fourth-order valence-electron chi connectivity index (χ4n) is 2.96. The van der Waals surface area contributed by atoms with E-state index in [1.807, 2.05) is 45.0 Å². The topological polar surface area (TPSA) is 64.6 Å². The number of benzene rings is 1. The molecule has 6 heteroatoms. The maximum absolute atomic E-state index is 12.3. The van der Waals surface area contributed by atoms with Gasteiger partial charge in [-0.25, -0.2) is 0 Å². The van der Waals surface area contributed by atoms with E-state index in [9.17, 15) is 9.59 Å². The van der Waals surface area contributed by atoms with Crippen LogP contribution in [0.2, 0.25) is 0 Å². The van der Waals surface area contributed by atoms with Gasteiger partial charge in [0.15, 0.2) is 5.78 Å². The summed E-state index contributed by atoms with van der Waals surface area (Å²) >= 11 is 1.46. The maximum Gasteiger partial charge on any atom is 0.224 e. The van der Waals surface area contributed by atoms with Crippen molar-refractivity contribution < 1.29 is 19.1 Å². The van der Waals surface area contributed by atoms with Crippen LogP contribution in [0.3, 0.4) is 0 Å². The summed E-state index contributed by atoms with van der Waals surface area (Å²) < 4.78 is 11.4. The molecule has 2 heterocycles. The Kier molecular flexibility index (Phi) is 5.61. The van der Waals surface area contributed by atoms with Gasteiger partial charge in [-0.2, -0.15) is 0 Å². The van der Waals surface area contributed by atoms with Gasteiger partial charge in [-0.1, -0.05) is 0 Å². The fourth-order valence-corrected chi connectivity index (χ4v) is 3.79. The Morgan fingerprint density at radius 3 is 2.81 bits per heavy atom. The number of ketones is 1. The van der Waals surface area contributed by atoms with Crippen LogP contribution in [0.5, 0.6) is 11.5 Å². The van der Waals surface area contributed by atoms with Gasteiger partial charge in [0.05, 0.1) is 17.2 Å². The molecule has 0 saturated carbocycles. The Bertz CT molecular complexity index is 827. The zero-order valence-corrected chi connectivity index (χ0v) is 16.1. The first kappa shape index (κ1) is 18.5. The lowest BCUT2D eigenvalue weighted by Crippen LogP contribution is -2.14. The molecule has 2 aromatic rings. The van der Waals surface area contributed by atoms with Gasteiger partial charge in [-0.15, -0.1) is 11.3 Å². The molecule has 1 amide bonds. The first-order valence-corrected chi connectivity index (χ1v) is 9.63. The summed E-state index contributed by atoms with van der Waals surface area (Å²) in [5.74, 6) is 1.20. The van der Waals surface area contributed by atoms with E-state index in [0.717, 1.165) is 22.6 Å². The van der Waals surface area contributed by atoms with Gasteiger partial charge in [-0.3, -0.25) is 9.59 Å². The Morgan fingerprint density at radius 1 is 1.31 bits per heavy atom. The second-order valence-electron chi connectivity index (χ2n) is 6.40. The van der Waals surface area contributed by atoms with Crippen molar-refractivity contribution >= 4 is 28.7 Å². The molecule has 138 valence electrons. The van der Waals surface area contributed by atoms with E-state index in [1.165, 1.54) is 11.3 Å². The Balaban J connectivity index is 1.65. The van der Waals surface area contributed by atoms with E-state index in [-0.39, 0.29) is 30.6 Å². The molecule has 1 N–H and O–H groups in total. The number of carbonyl (C=O) groups excluding carboxylic acids is 2. The number of amides is 1. The summed E-state index contributed by atoms with van der Waals surface area (Å²) in [6.07, 6.45) is 1.28. The number of fused-ring (bicyclic) bond motifs is 1. The number of rotatable bonds is 7. The molecule has 1 aliphatic rings. The molecular weight excluding hydrogens is 350 g/mol. The van der Waals surface area contributed by atoms with Crippen LogP contribution < -0.4 is 14.8 Å². The summed E-state index contributed by atoms with van der Waals surface area (Å²) in [6, 6.07) is 7.47. The van der Waals surface area contributed by atoms with E-state index >= 15 is 0 Å². The molecule has 3 rings (SSSR count). The van der Waals surface area contributed by atoms with Crippen LogP contribution in [0.25, 0.3) is 0 Å². The standard InChI is InChI=1S/C20H23NO4S/c1-4-24-18-10-14-9-12(2)25-17(14)11-15(18)21-20(23)8-6-16(22)19-7-5-13(3)26-19/h5,7,10-12H,4,6,8-9H2,1-3H3,(H,21,23). The predicted octanol–water partition coefficient (Wildman–Crippen LogP) is 4.38. The third kappa shape index (κ3) is 4.25. The molecule has 1 aromatic heterocycles. The SMILES string of the molecule is CCOc1cc2c(cc1NC(=O)CCC(=O)c1ccc(C)s1)OC(C)C2. The van der Waals surface area contributed by atoms with E-state index in [2.05, 4.69) is 5.32 Å². The number of thiophene rings is 1. The lowest BCUT2D eigenvalue weighted by atomic mass is 10.1. The van der Waals surface area contributed by atoms with Crippen molar-refractivity contribution in [1.82, 2.24) is 0 Å². The second kappa shape index (κ2) is 7.91. The number of hydrogen-bond donors (Lipinski definition) is 1. The fraction of sp³-hybridized carbons (Fsp3) is 0.400. The molecule has 0 radical (unpaired) electrons. The minimum Gasteiger partial charge on any atom is -0.492 e. The van der Waals surface area contributed by atoms with Crippen molar-refractivity contribution in [2.24, 2.45) is 0 Å². The molecular formula is C20H23NO4S. The summed E-state index contributed by atoms with van der Waals surface area (Å²) in [6.45, 7) is 6.38. The zero-order chi connectivity index (χ0) is 18.7. The Morgan fingerprint density at radius 2 is 2.12 bits per heavy atom.